The zero-order valence-electron chi connectivity index (χ0n) is 8.46. The van der Waals surface area contributed by atoms with Gasteiger partial charge in [0.05, 0.1) is 5.69 Å². The molecule has 86 valence electrons. The summed E-state index contributed by atoms with van der Waals surface area (Å²) in [6, 6.07) is 1.31. The molecule has 0 aromatic carbocycles. The molecule has 1 aromatic heterocycles. The van der Waals surface area contributed by atoms with E-state index < -0.39 is 18.6 Å². The first-order valence-electron chi connectivity index (χ1n) is 4.70. The van der Waals surface area contributed by atoms with Crippen LogP contribution < -0.4 is 5.73 Å². The van der Waals surface area contributed by atoms with Crippen LogP contribution in [0.15, 0.2) is 12.3 Å². The van der Waals surface area contributed by atoms with Gasteiger partial charge >= 0.3 is 6.18 Å². The molecular weight excluding hydrogens is 207 g/mol. The zero-order valence-corrected chi connectivity index (χ0v) is 8.46. The van der Waals surface area contributed by atoms with Crippen LogP contribution in [0.4, 0.5) is 13.2 Å². The summed E-state index contributed by atoms with van der Waals surface area (Å²) >= 11 is 0. The van der Waals surface area contributed by atoms with Crippen LogP contribution in [0.25, 0.3) is 0 Å². The second kappa shape index (κ2) is 4.65. The molecule has 0 aliphatic heterocycles. The third-order valence-corrected chi connectivity index (χ3v) is 2.09. The molecule has 0 bridgehead atoms. The van der Waals surface area contributed by atoms with E-state index in [1.807, 2.05) is 0 Å². The molecule has 1 rings (SSSR count). The fraction of sp³-hybridized carbons (Fsp3) is 0.667. The minimum Gasteiger partial charge on any atom is -0.323 e. The number of hydrogen-bond donors (Lipinski definition) is 1. The molecule has 3 nitrogen and oxygen atoms in total. The van der Waals surface area contributed by atoms with Gasteiger partial charge in [-0.1, -0.05) is 0 Å². The second-order valence-corrected chi connectivity index (χ2v) is 3.53. The van der Waals surface area contributed by atoms with Crippen molar-refractivity contribution < 1.29 is 13.2 Å². The average molecular weight is 221 g/mol. The number of alkyl halides is 3. The molecule has 6 heteroatoms. The van der Waals surface area contributed by atoms with Crippen LogP contribution in [-0.2, 0) is 7.05 Å². The van der Waals surface area contributed by atoms with Crippen molar-refractivity contribution >= 4 is 0 Å². The molecule has 1 aromatic rings. The minimum absolute atomic E-state index is 0.0429. The zero-order chi connectivity index (χ0) is 11.5. The van der Waals surface area contributed by atoms with Crippen molar-refractivity contribution in [3.05, 3.63) is 18.0 Å². The smallest absolute Gasteiger partial charge is 0.323 e. The molecule has 2 N–H and O–H groups in total. The Hall–Kier alpha value is -1.04. The van der Waals surface area contributed by atoms with E-state index in [1.165, 1.54) is 0 Å². The van der Waals surface area contributed by atoms with Gasteiger partial charge in [-0.15, -0.1) is 0 Å². The van der Waals surface area contributed by atoms with Gasteiger partial charge in [0.1, 0.15) is 0 Å². The van der Waals surface area contributed by atoms with Crippen LogP contribution in [-0.4, -0.2) is 16.0 Å². The molecule has 1 heterocycles. The van der Waals surface area contributed by atoms with Gasteiger partial charge in [0.15, 0.2) is 0 Å². The van der Waals surface area contributed by atoms with E-state index >= 15 is 0 Å². The lowest BCUT2D eigenvalue weighted by Gasteiger charge is -2.09. The van der Waals surface area contributed by atoms with E-state index in [9.17, 15) is 13.2 Å². The number of aromatic nitrogens is 2. The molecule has 0 saturated carbocycles. The highest BCUT2D eigenvalue weighted by Crippen LogP contribution is 2.24. The monoisotopic (exact) mass is 221 g/mol. The topological polar surface area (TPSA) is 43.8 Å². The van der Waals surface area contributed by atoms with Crippen molar-refractivity contribution in [2.45, 2.75) is 31.5 Å². The van der Waals surface area contributed by atoms with Gasteiger partial charge in [-0.25, -0.2) is 0 Å². The highest BCUT2D eigenvalue weighted by atomic mass is 19.4. The summed E-state index contributed by atoms with van der Waals surface area (Å²) in [5.41, 5.74) is 6.33. The van der Waals surface area contributed by atoms with Crippen LogP contribution in [0, 0.1) is 0 Å². The number of hydrogen-bond acceptors (Lipinski definition) is 2. The van der Waals surface area contributed by atoms with Crippen molar-refractivity contribution in [1.29, 1.82) is 0 Å². The van der Waals surface area contributed by atoms with Crippen molar-refractivity contribution in [3.63, 3.8) is 0 Å². The fourth-order valence-electron chi connectivity index (χ4n) is 1.30. The summed E-state index contributed by atoms with van der Waals surface area (Å²) in [5.74, 6) is 0. The molecule has 0 amide bonds. The predicted octanol–water partition coefficient (Wildman–Crippen LogP) is 2.15. The number of aryl methyl sites for hydroxylation is 1. The molecule has 15 heavy (non-hydrogen) atoms. The predicted molar refractivity (Wildman–Crippen MR) is 50.0 cm³/mol. The van der Waals surface area contributed by atoms with Gasteiger partial charge in [0.2, 0.25) is 0 Å². The maximum absolute atomic E-state index is 11.9. The van der Waals surface area contributed by atoms with E-state index in [1.54, 1.807) is 24.0 Å². The number of nitrogens with two attached hydrogens (primary N) is 1. The third kappa shape index (κ3) is 4.33. The van der Waals surface area contributed by atoms with Crippen molar-refractivity contribution in [3.8, 4) is 0 Å². The summed E-state index contributed by atoms with van der Waals surface area (Å²) in [7, 11) is 1.74. The van der Waals surface area contributed by atoms with Gasteiger partial charge in [-0.2, -0.15) is 18.3 Å². The molecule has 0 aliphatic rings. The molecule has 1 atom stereocenters. The Bertz CT molecular complexity index is 306. The van der Waals surface area contributed by atoms with E-state index in [0.29, 0.717) is 12.1 Å². The van der Waals surface area contributed by atoms with Gasteiger partial charge in [0, 0.05) is 25.7 Å². The lowest BCUT2D eigenvalue weighted by Crippen LogP contribution is -2.13. The lowest BCUT2D eigenvalue weighted by atomic mass is 10.1. The average Bonchev–Trinajstić information content (AvgIpc) is 2.49. The number of rotatable bonds is 4. The Labute approximate surface area is 86.1 Å². The Morgan fingerprint density at radius 2 is 2.20 bits per heavy atom. The number of halogens is 3. The highest BCUT2D eigenvalue weighted by molar-refractivity contribution is 5.04. The minimum atomic E-state index is -4.09. The van der Waals surface area contributed by atoms with Crippen molar-refractivity contribution in [2.75, 3.05) is 0 Å². The van der Waals surface area contributed by atoms with Crippen LogP contribution in [0.3, 0.4) is 0 Å². The molecule has 0 fully saturated rings. The van der Waals surface area contributed by atoms with Crippen LogP contribution >= 0.6 is 0 Å². The van der Waals surface area contributed by atoms with E-state index in [4.69, 9.17) is 5.73 Å². The van der Waals surface area contributed by atoms with E-state index in [0.717, 1.165) is 0 Å². The summed E-state index contributed by atoms with van der Waals surface area (Å²) in [5, 5.41) is 4.04. The Balaban J connectivity index is 2.34. The first kappa shape index (κ1) is 12.0. The SMILES string of the molecule is Cn1ccc(C(N)CCCC(F)(F)F)n1. The Morgan fingerprint density at radius 1 is 1.53 bits per heavy atom. The molecule has 0 radical (unpaired) electrons. The summed E-state index contributed by atoms with van der Waals surface area (Å²) in [6.07, 6.45) is -2.81. The molecule has 1 unspecified atom stereocenters. The maximum Gasteiger partial charge on any atom is 0.389 e. The first-order valence-corrected chi connectivity index (χ1v) is 4.70. The van der Waals surface area contributed by atoms with Crippen LogP contribution in [0.2, 0.25) is 0 Å². The van der Waals surface area contributed by atoms with Crippen LogP contribution in [0.1, 0.15) is 31.0 Å². The Kier molecular flexibility index (Phi) is 3.73. The van der Waals surface area contributed by atoms with Gasteiger partial charge in [0.25, 0.3) is 0 Å². The van der Waals surface area contributed by atoms with Crippen molar-refractivity contribution in [1.82, 2.24) is 9.78 Å². The largest absolute Gasteiger partial charge is 0.389 e. The van der Waals surface area contributed by atoms with Gasteiger partial charge in [-0.3, -0.25) is 4.68 Å². The Morgan fingerprint density at radius 3 is 2.67 bits per heavy atom. The van der Waals surface area contributed by atoms with Gasteiger partial charge < -0.3 is 5.73 Å². The highest BCUT2D eigenvalue weighted by Gasteiger charge is 2.26. The second-order valence-electron chi connectivity index (χ2n) is 3.53. The quantitative estimate of drug-likeness (QED) is 0.846. The fourth-order valence-corrected chi connectivity index (χ4v) is 1.30. The lowest BCUT2D eigenvalue weighted by molar-refractivity contribution is -0.135. The summed E-state index contributed by atoms with van der Waals surface area (Å²) in [4.78, 5) is 0. The summed E-state index contributed by atoms with van der Waals surface area (Å²) in [6.45, 7) is 0. The standard InChI is InChI=1S/C9H14F3N3/c1-15-6-4-8(14-15)7(13)3-2-5-9(10,11)12/h4,6-7H,2-3,5,13H2,1H3. The van der Waals surface area contributed by atoms with Crippen molar-refractivity contribution in [2.24, 2.45) is 12.8 Å². The first-order chi connectivity index (χ1) is 6.88. The molecule has 0 saturated heterocycles. The van der Waals surface area contributed by atoms with E-state index in [-0.39, 0.29) is 6.42 Å². The van der Waals surface area contributed by atoms with Gasteiger partial charge in [-0.05, 0) is 18.9 Å². The molecular formula is C9H14F3N3. The normalized spacial score (nSPS) is 14.2. The maximum atomic E-state index is 11.9. The third-order valence-electron chi connectivity index (χ3n) is 2.09. The van der Waals surface area contributed by atoms with Crippen LogP contribution in [0.5, 0.6) is 0 Å². The molecule has 0 aliphatic carbocycles. The number of nitrogens with zero attached hydrogens (tertiary/aromatic N) is 2. The van der Waals surface area contributed by atoms with E-state index in [2.05, 4.69) is 5.10 Å². The summed E-state index contributed by atoms with van der Waals surface area (Å²) < 4.78 is 37.1. The molecule has 0 spiro atoms.